The van der Waals surface area contributed by atoms with Crippen LogP contribution in [0.25, 0.3) is 21.9 Å². The third kappa shape index (κ3) is 3.48. The Labute approximate surface area is 180 Å². The molecule has 5 rings (SSSR count). The topological polar surface area (TPSA) is 49.0 Å². The monoisotopic (exact) mass is 409 g/mol. The van der Waals surface area contributed by atoms with Crippen LogP contribution in [0.15, 0.2) is 83.9 Å². The van der Waals surface area contributed by atoms with Crippen LogP contribution in [0.3, 0.4) is 0 Å². The number of aromatic nitrogens is 3. The normalized spacial score (nSPS) is 11.3. The molecule has 0 atom stereocenters. The number of para-hydroxylation sites is 1. The summed E-state index contributed by atoms with van der Waals surface area (Å²) < 4.78 is 9.00. The Balaban J connectivity index is 1.65. The van der Waals surface area contributed by atoms with E-state index < -0.39 is 0 Å². The molecule has 0 aliphatic rings. The van der Waals surface area contributed by atoms with Gasteiger partial charge in [0.15, 0.2) is 0 Å². The van der Waals surface area contributed by atoms with Crippen molar-refractivity contribution in [2.75, 3.05) is 7.11 Å². The third-order valence-corrected chi connectivity index (χ3v) is 5.71. The minimum absolute atomic E-state index is 0.0378. The van der Waals surface area contributed by atoms with Crippen molar-refractivity contribution in [3.8, 4) is 5.75 Å². The molecule has 0 aliphatic carbocycles. The van der Waals surface area contributed by atoms with Gasteiger partial charge in [0.1, 0.15) is 16.8 Å². The average molecular weight is 409 g/mol. The molecular formula is C26H23N3O2. The van der Waals surface area contributed by atoms with E-state index in [1.165, 1.54) is 5.56 Å². The summed E-state index contributed by atoms with van der Waals surface area (Å²) in [6, 6.07) is 24.3. The van der Waals surface area contributed by atoms with Gasteiger partial charge in [0.05, 0.1) is 25.5 Å². The molecule has 154 valence electrons. The number of benzene rings is 3. The zero-order chi connectivity index (χ0) is 21.4. The number of nitrogens with zero attached hydrogens (tertiary/aromatic N) is 3. The standard InChI is InChI=1S/C26H23N3O2/c1-18-7-9-20(10-8-18)16-29-23-6-4-3-5-22(23)24-25(29)26(30)28(17-27-24)15-19-11-13-21(31-2)14-12-19/h3-14,17H,15-16H2,1-2H3. The molecule has 3 aromatic carbocycles. The van der Waals surface area contributed by atoms with Gasteiger partial charge in [-0.1, -0.05) is 60.2 Å². The molecule has 5 heteroatoms. The van der Waals surface area contributed by atoms with E-state index in [9.17, 15) is 4.79 Å². The second kappa shape index (κ2) is 7.76. The van der Waals surface area contributed by atoms with Gasteiger partial charge in [-0.05, 0) is 36.2 Å². The van der Waals surface area contributed by atoms with Crippen molar-refractivity contribution in [1.29, 1.82) is 0 Å². The maximum absolute atomic E-state index is 13.6. The molecule has 0 bridgehead atoms. The van der Waals surface area contributed by atoms with Gasteiger partial charge < -0.3 is 9.30 Å². The summed E-state index contributed by atoms with van der Waals surface area (Å²) >= 11 is 0. The van der Waals surface area contributed by atoms with E-state index in [1.807, 2.05) is 42.5 Å². The zero-order valence-corrected chi connectivity index (χ0v) is 17.6. The van der Waals surface area contributed by atoms with Gasteiger partial charge in [-0.15, -0.1) is 0 Å². The molecule has 0 N–H and O–H groups in total. The van der Waals surface area contributed by atoms with Crippen LogP contribution < -0.4 is 10.3 Å². The molecule has 0 saturated heterocycles. The van der Waals surface area contributed by atoms with Gasteiger partial charge in [0.25, 0.3) is 5.56 Å². The van der Waals surface area contributed by atoms with Crippen LogP contribution in [0, 0.1) is 6.92 Å². The quantitative estimate of drug-likeness (QED) is 0.420. The number of hydrogen-bond donors (Lipinski definition) is 0. The molecule has 5 aromatic rings. The van der Waals surface area contributed by atoms with Gasteiger partial charge in [0.2, 0.25) is 0 Å². The molecule has 0 aliphatic heterocycles. The summed E-state index contributed by atoms with van der Waals surface area (Å²) in [5, 5.41) is 0.998. The maximum Gasteiger partial charge on any atom is 0.278 e. The van der Waals surface area contributed by atoms with Crippen LogP contribution in [0.5, 0.6) is 5.75 Å². The second-order valence-electron chi connectivity index (χ2n) is 7.81. The highest BCUT2D eigenvalue weighted by Crippen LogP contribution is 2.26. The molecule has 2 heterocycles. The molecule has 0 amide bonds. The van der Waals surface area contributed by atoms with E-state index >= 15 is 0 Å². The van der Waals surface area contributed by atoms with Crippen LogP contribution in [-0.4, -0.2) is 21.2 Å². The Morgan fingerprint density at radius 2 is 1.55 bits per heavy atom. The lowest BCUT2D eigenvalue weighted by molar-refractivity contribution is 0.414. The SMILES string of the molecule is COc1ccc(Cn2cnc3c4ccccc4n(Cc4ccc(C)cc4)c3c2=O)cc1. The third-order valence-electron chi connectivity index (χ3n) is 5.71. The van der Waals surface area contributed by atoms with Gasteiger partial charge in [-0.2, -0.15) is 0 Å². The number of aryl methyl sites for hydroxylation is 1. The first-order chi connectivity index (χ1) is 15.1. The molecule has 0 fully saturated rings. The molecule has 5 nitrogen and oxygen atoms in total. The van der Waals surface area contributed by atoms with E-state index in [4.69, 9.17) is 9.72 Å². The van der Waals surface area contributed by atoms with Crippen molar-refractivity contribution < 1.29 is 4.74 Å². The lowest BCUT2D eigenvalue weighted by Gasteiger charge is -2.10. The Bertz CT molecular complexity index is 1430. The van der Waals surface area contributed by atoms with Crippen LogP contribution in [0.4, 0.5) is 0 Å². The maximum atomic E-state index is 13.6. The number of hydrogen-bond acceptors (Lipinski definition) is 3. The van der Waals surface area contributed by atoms with Crippen molar-refractivity contribution in [2.45, 2.75) is 20.0 Å². The van der Waals surface area contributed by atoms with Crippen LogP contribution in [0.2, 0.25) is 0 Å². The first-order valence-electron chi connectivity index (χ1n) is 10.3. The van der Waals surface area contributed by atoms with Crippen molar-refractivity contribution in [3.63, 3.8) is 0 Å². The Morgan fingerprint density at radius 1 is 0.871 bits per heavy atom. The van der Waals surface area contributed by atoms with Gasteiger partial charge in [-0.25, -0.2) is 4.98 Å². The molecule has 0 spiro atoms. The number of ether oxygens (including phenoxy) is 1. The predicted molar refractivity (Wildman–Crippen MR) is 124 cm³/mol. The Morgan fingerprint density at radius 3 is 2.29 bits per heavy atom. The van der Waals surface area contributed by atoms with Crippen molar-refractivity contribution in [2.24, 2.45) is 0 Å². The lowest BCUT2D eigenvalue weighted by Crippen LogP contribution is -2.23. The Hall–Kier alpha value is -3.86. The number of methoxy groups -OCH3 is 1. The van der Waals surface area contributed by atoms with Crippen molar-refractivity contribution >= 4 is 21.9 Å². The summed E-state index contributed by atoms with van der Waals surface area (Å²) in [6.07, 6.45) is 1.65. The fourth-order valence-corrected chi connectivity index (χ4v) is 4.03. The Kier molecular flexibility index (Phi) is 4.79. The summed E-state index contributed by atoms with van der Waals surface area (Å²) in [6.45, 7) is 3.15. The van der Waals surface area contributed by atoms with Crippen molar-refractivity contribution in [1.82, 2.24) is 14.1 Å². The summed E-state index contributed by atoms with van der Waals surface area (Å²) in [7, 11) is 1.64. The first kappa shape index (κ1) is 19.1. The van der Waals surface area contributed by atoms with E-state index in [1.54, 1.807) is 18.0 Å². The molecule has 0 saturated carbocycles. The van der Waals surface area contributed by atoms with E-state index in [2.05, 4.69) is 41.8 Å². The van der Waals surface area contributed by atoms with E-state index in [-0.39, 0.29) is 5.56 Å². The minimum Gasteiger partial charge on any atom is -0.497 e. The van der Waals surface area contributed by atoms with Crippen LogP contribution in [0.1, 0.15) is 16.7 Å². The van der Waals surface area contributed by atoms with Gasteiger partial charge >= 0.3 is 0 Å². The van der Waals surface area contributed by atoms with E-state index in [0.717, 1.165) is 33.3 Å². The average Bonchev–Trinajstić information content (AvgIpc) is 3.12. The fourth-order valence-electron chi connectivity index (χ4n) is 4.03. The summed E-state index contributed by atoms with van der Waals surface area (Å²) in [4.78, 5) is 18.3. The number of fused-ring (bicyclic) bond motifs is 3. The van der Waals surface area contributed by atoms with Gasteiger partial charge in [-0.3, -0.25) is 9.36 Å². The molecule has 31 heavy (non-hydrogen) atoms. The fraction of sp³-hybridized carbons (Fsp3) is 0.154. The number of rotatable bonds is 5. The van der Waals surface area contributed by atoms with E-state index in [0.29, 0.717) is 18.6 Å². The highest BCUT2D eigenvalue weighted by atomic mass is 16.5. The highest BCUT2D eigenvalue weighted by Gasteiger charge is 2.16. The van der Waals surface area contributed by atoms with Crippen LogP contribution >= 0.6 is 0 Å². The van der Waals surface area contributed by atoms with Crippen LogP contribution in [-0.2, 0) is 13.1 Å². The second-order valence-corrected chi connectivity index (χ2v) is 7.81. The molecular weight excluding hydrogens is 386 g/mol. The highest BCUT2D eigenvalue weighted by molar-refractivity contribution is 6.05. The summed E-state index contributed by atoms with van der Waals surface area (Å²) in [5.41, 5.74) is 5.75. The minimum atomic E-state index is -0.0378. The first-order valence-corrected chi connectivity index (χ1v) is 10.3. The lowest BCUT2D eigenvalue weighted by atomic mass is 10.1. The molecule has 0 radical (unpaired) electrons. The van der Waals surface area contributed by atoms with Gasteiger partial charge in [0, 0.05) is 11.9 Å². The smallest absolute Gasteiger partial charge is 0.278 e. The summed E-state index contributed by atoms with van der Waals surface area (Å²) in [5.74, 6) is 0.794. The molecule has 2 aromatic heterocycles. The largest absolute Gasteiger partial charge is 0.497 e. The molecule has 0 unspecified atom stereocenters. The zero-order valence-electron chi connectivity index (χ0n) is 17.6. The predicted octanol–water partition coefficient (Wildman–Crippen LogP) is 4.76. The van der Waals surface area contributed by atoms with Crippen molar-refractivity contribution in [3.05, 3.63) is 106 Å².